The zero-order chi connectivity index (χ0) is 12.2. The molecular formula is C9H13F3O3S. The van der Waals surface area contributed by atoms with Gasteiger partial charge >= 0.3 is 6.18 Å². The van der Waals surface area contributed by atoms with E-state index in [1.54, 1.807) is 6.92 Å². The van der Waals surface area contributed by atoms with Crippen LogP contribution in [0.2, 0.25) is 0 Å². The molecule has 2 fully saturated rings. The van der Waals surface area contributed by atoms with Gasteiger partial charge in [-0.05, 0) is 18.3 Å². The summed E-state index contributed by atoms with van der Waals surface area (Å²) in [5, 5.41) is 8.22. The van der Waals surface area contributed by atoms with E-state index < -0.39 is 51.9 Å². The molecule has 2 bridgehead atoms. The van der Waals surface area contributed by atoms with E-state index in [4.69, 9.17) is 0 Å². The molecule has 0 aromatic heterocycles. The number of aliphatic hydroxyl groups is 1. The summed E-state index contributed by atoms with van der Waals surface area (Å²) in [7, 11) is -3.15. The first-order chi connectivity index (χ1) is 7.25. The molecule has 6 unspecified atom stereocenters. The Balaban J connectivity index is 2.38. The van der Waals surface area contributed by atoms with Crippen molar-refractivity contribution < 1.29 is 26.7 Å². The number of hydrogen-bond acceptors (Lipinski definition) is 3. The summed E-state index contributed by atoms with van der Waals surface area (Å²) in [4.78, 5) is 0. The Morgan fingerprint density at radius 1 is 1.25 bits per heavy atom. The smallest absolute Gasteiger partial charge is 0.393 e. The average molecular weight is 258 g/mol. The summed E-state index contributed by atoms with van der Waals surface area (Å²) in [6, 6.07) is 0. The first-order valence-electron chi connectivity index (χ1n) is 5.13. The fourth-order valence-corrected chi connectivity index (χ4v) is 4.63. The molecule has 7 heteroatoms. The van der Waals surface area contributed by atoms with Gasteiger partial charge in [-0.2, -0.15) is 13.2 Å². The molecule has 2 rings (SSSR count). The van der Waals surface area contributed by atoms with E-state index in [-0.39, 0.29) is 6.42 Å². The van der Waals surface area contributed by atoms with Crippen LogP contribution in [0.15, 0.2) is 0 Å². The van der Waals surface area contributed by atoms with Crippen LogP contribution in [-0.2, 0) is 10.7 Å². The summed E-state index contributed by atoms with van der Waals surface area (Å²) in [6.45, 7) is 1.56. The lowest BCUT2D eigenvalue weighted by Gasteiger charge is -2.35. The Bertz CT molecular complexity index is 358. The van der Waals surface area contributed by atoms with Gasteiger partial charge in [0.15, 0.2) is 0 Å². The number of fused-ring (bicyclic) bond motifs is 2. The minimum absolute atomic E-state index is 0.167. The molecule has 6 atom stereocenters. The zero-order valence-electron chi connectivity index (χ0n) is 8.52. The van der Waals surface area contributed by atoms with E-state index in [1.165, 1.54) is 0 Å². The fourth-order valence-electron chi connectivity index (χ4n) is 3.37. The highest BCUT2D eigenvalue weighted by molar-refractivity contribution is 7.73. The standard InChI is InChI=1S/C9H13F3O3S/c1-3-4-2-5(7(3)13)8(16(14)15)6(4)9(10,11)12/h3-8,13,16H,2H2,1H3. The van der Waals surface area contributed by atoms with Gasteiger partial charge < -0.3 is 5.11 Å². The highest BCUT2D eigenvalue weighted by Crippen LogP contribution is 2.57. The molecule has 2 saturated carbocycles. The monoisotopic (exact) mass is 258 g/mol. The average Bonchev–Trinajstić information content (AvgIpc) is 2.63. The van der Waals surface area contributed by atoms with E-state index in [1.807, 2.05) is 0 Å². The van der Waals surface area contributed by atoms with Crippen LogP contribution in [0.4, 0.5) is 13.2 Å². The Hall–Kier alpha value is -0.300. The predicted octanol–water partition coefficient (Wildman–Crippen LogP) is 0.792. The molecule has 1 N–H and O–H groups in total. The highest BCUT2D eigenvalue weighted by Gasteiger charge is 2.65. The van der Waals surface area contributed by atoms with Crippen LogP contribution in [0.25, 0.3) is 0 Å². The minimum atomic E-state index is -4.49. The third-order valence-corrected chi connectivity index (χ3v) is 5.28. The fraction of sp³-hybridized carbons (Fsp3) is 1.00. The van der Waals surface area contributed by atoms with Gasteiger partial charge in [0.2, 0.25) is 0 Å². The first kappa shape index (κ1) is 12.2. The van der Waals surface area contributed by atoms with Crippen molar-refractivity contribution in [3.8, 4) is 0 Å². The van der Waals surface area contributed by atoms with Gasteiger partial charge in [0.05, 0.1) is 17.3 Å². The maximum atomic E-state index is 12.8. The van der Waals surface area contributed by atoms with Crippen LogP contribution in [0.1, 0.15) is 13.3 Å². The molecule has 0 aromatic carbocycles. The van der Waals surface area contributed by atoms with Gasteiger partial charge in [0, 0.05) is 5.92 Å². The van der Waals surface area contributed by atoms with Crippen molar-refractivity contribution >= 4 is 10.7 Å². The van der Waals surface area contributed by atoms with Crippen molar-refractivity contribution in [3.05, 3.63) is 0 Å². The summed E-state index contributed by atoms with van der Waals surface area (Å²) in [5.74, 6) is -3.76. The molecule has 3 nitrogen and oxygen atoms in total. The minimum Gasteiger partial charge on any atom is -0.393 e. The second kappa shape index (κ2) is 3.60. The third kappa shape index (κ3) is 1.55. The van der Waals surface area contributed by atoms with Gasteiger partial charge in [-0.3, -0.25) is 0 Å². The van der Waals surface area contributed by atoms with E-state index in [0.717, 1.165) is 0 Å². The zero-order valence-corrected chi connectivity index (χ0v) is 9.41. The van der Waals surface area contributed by atoms with Gasteiger partial charge in [-0.15, -0.1) is 0 Å². The molecular weight excluding hydrogens is 245 g/mol. The Morgan fingerprint density at radius 3 is 2.25 bits per heavy atom. The molecule has 0 amide bonds. The summed E-state index contributed by atoms with van der Waals surface area (Å²) in [5.41, 5.74) is 0. The van der Waals surface area contributed by atoms with Crippen molar-refractivity contribution in [2.24, 2.45) is 23.7 Å². The molecule has 0 saturated heterocycles. The highest BCUT2D eigenvalue weighted by atomic mass is 32.2. The third-order valence-electron chi connectivity index (χ3n) is 4.09. The predicted molar refractivity (Wildman–Crippen MR) is 50.4 cm³/mol. The van der Waals surface area contributed by atoms with E-state index in [0.29, 0.717) is 0 Å². The number of thiol groups is 1. The quantitative estimate of drug-likeness (QED) is 0.684. The van der Waals surface area contributed by atoms with E-state index in [9.17, 15) is 26.7 Å². The van der Waals surface area contributed by atoms with Crippen LogP contribution in [0.3, 0.4) is 0 Å². The van der Waals surface area contributed by atoms with Crippen LogP contribution in [-0.4, -0.2) is 31.1 Å². The molecule has 2 aliphatic carbocycles. The van der Waals surface area contributed by atoms with Crippen LogP contribution >= 0.6 is 0 Å². The Morgan fingerprint density at radius 2 is 1.81 bits per heavy atom. The van der Waals surface area contributed by atoms with E-state index >= 15 is 0 Å². The number of halogens is 3. The number of rotatable bonds is 1. The molecule has 2 aliphatic rings. The van der Waals surface area contributed by atoms with Gasteiger partial charge in [-0.1, -0.05) is 6.92 Å². The lowest BCUT2D eigenvalue weighted by molar-refractivity contribution is -0.194. The van der Waals surface area contributed by atoms with E-state index in [2.05, 4.69) is 0 Å². The van der Waals surface area contributed by atoms with Crippen LogP contribution in [0, 0.1) is 23.7 Å². The molecule has 0 aliphatic heterocycles. The van der Waals surface area contributed by atoms with Crippen LogP contribution in [0.5, 0.6) is 0 Å². The SMILES string of the molecule is CC1C(O)C2CC1C(C(F)(F)F)C2[SH](=O)=O. The molecule has 0 aromatic rings. The lowest BCUT2D eigenvalue weighted by Crippen LogP contribution is -2.47. The first-order valence-corrected chi connectivity index (χ1v) is 6.38. The summed E-state index contributed by atoms with van der Waals surface area (Å²) >= 11 is 0. The van der Waals surface area contributed by atoms with Crippen LogP contribution < -0.4 is 0 Å². The number of hydrogen-bond donors (Lipinski definition) is 2. The Labute approximate surface area is 92.6 Å². The summed E-state index contributed by atoms with van der Waals surface area (Å²) in [6.07, 6.45) is -5.24. The maximum Gasteiger partial charge on any atom is 0.393 e. The second-order valence-corrected chi connectivity index (χ2v) is 5.92. The summed E-state index contributed by atoms with van der Waals surface area (Å²) < 4.78 is 60.2. The van der Waals surface area contributed by atoms with Gasteiger partial charge in [0.1, 0.15) is 10.7 Å². The number of alkyl halides is 3. The second-order valence-electron chi connectivity index (χ2n) is 4.76. The molecule has 0 spiro atoms. The van der Waals surface area contributed by atoms with Gasteiger partial charge in [0.25, 0.3) is 0 Å². The molecule has 94 valence electrons. The van der Waals surface area contributed by atoms with Crippen molar-refractivity contribution in [3.63, 3.8) is 0 Å². The molecule has 16 heavy (non-hydrogen) atoms. The van der Waals surface area contributed by atoms with Crippen molar-refractivity contribution in [2.45, 2.75) is 30.9 Å². The van der Waals surface area contributed by atoms with Gasteiger partial charge in [-0.25, -0.2) is 8.42 Å². The lowest BCUT2D eigenvalue weighted by atomic mass is 9.79. The largest absolute Gasteiger partial charge is 0.393 e. The van der Waals surface area contributed by atoms with Crippen molar-refractivity contribution in [1.29, 1.82) is 0 Å². The van der Waals surface area contributed by atoms with Crippen molar-refractivity contribution in [1.82, 2.24) is 0 Å². The number of aliphatic hydroxyl groups excluding tert-OH is 1. The topological polar surface area (TPSA) is 54.4 Å². The maximum absolute atomic E-state index is 12.8. The molecule has 0 heterocycles. The Kier molecular flexibility index (Phi) is 2.73. The van der Waals surface area contributed by atoms with Crippen molar-refractivity contribution in [2.75, 3.05) is 0 Å². The normalized spacial score (nSPS) is 47.9. The molecule has 0 radical (unpaired) electrons.